The number of carbonyl (C=O) groups excluding carboxylic acids is 1. The molecule has 4 nitrogen and oxygen atoms in total. The third-order valence-corrected chi connectivity index (χ3v) is 2.94. The van der Waals surface area contributed by atoms with Crippen molar-refractivity contribution in [2.75, 3.05) is 32.6 Å². The average molecular weight is 348 g/mol. The molecule has 0 saturated heterocycles. The maximum Gasteiger partial charge on any atom is 0.321 e. The summed E-state index contributed by atoms with van der Waals surface area (Å²) >= 11 is 2.22. The fourth-order valence-electron chi connectivity index (χ4n) is 1.33. The summed E-state index contributed by atoms with van der Waals surface area (Å²) in [5.74, 6) is 0. The number of urea groups is 1. The van der Waals surface area contributed by atoms with Crippen molar-refractivity contribution >= 4 is 34.3 Å². The molecule has 0 heterocycles. The number of ether oxygens (including phenoxy) is 1. The Labute approximate surface area is 115 Å². The van der Waals surface area contributed by atoms with E-state index in [1.807, 2.05) is 24.3 Å². The van der Waals surface area contributed by atoms with Crippen LogP contribution in [0.3, 0.4) is 0 Å². The van der Waals surface area contributed by atoms with E-state index in [0.717, 1.165) is 15.7 Å². The smallest absolute Gasteiger partial charge is 0.321 e. The van der Waals surface area contributed by atoms with Crippen molar-refractivity contribution in [3.05, 3.63) is 27.8 Å². The summed E-state index contributed by atoms with van der Waals surface area (Å²) in [7, 11) is 3.44. The Morgan fingerprint density at radius 2 is 2.29 bits per heavy atom. The summed E-state index contributed by atoms with van der Waals surface area (Å²) in [6, 6.07) is 7.62. The summed E-state index contributed by atoms with van der Waals surface area (Å²) < 4.78 is 6.05. The van der Waals surface area contributed by atoms with Crippen molar-refractivity contribution in [1.29, 1.82) is 0 Å². The fraction of sp³-hybridized carbons (Fsp3) is 0.417. The first kappa shape index (κ1) is 14.2. The lowest BCUT2D eigenvalue weighted by molar-refractivity contribution is 0.179. The lowest BCUT2D eigenvalue weighted by Gasteiger charge is -2.17. The van der Waals surface area contributed by atoms with Crippen LogP contribution in [-0.4, -0.2) is 38.2 Å². The topological polar surface area (TPSA) is 41.6 Å². The predicted octanol–water partition coefficient (Wildman–Crippen LogP) is 2.79. The first-order valence-electron chi connectivity index (χ1n) is 5.40. The Morgan fingerprint density at radius 3 is 2.94 bits per heavy atom. The van der Waals surface area contributed by atoms with Crippen molar-refractivity contribution in [1.82, 2.24) is 4.90 Å². The molecule has 1 aromatic carbocycles. The van der Waals surface area contributed by atoms with Crippen LogP contribution in [0.2, 0.25) is 0 Å². The second kappa shape index (κ2) is 7.50. The van der Waals surface area contributed by atoms with E-state index < -0.39 is 0 Å². The Balaban J connectivity index is 2.43. The highest BCUT2D eigenvalue weighted by Gasteiger charge is 2.07. The molecule has 0 aliphatic carbocycles. The molecule has 0 atom stereocenters. The molecule has 1 aromatic rings. The van der Waals surface area contributed by atoms with Crippen molar-refractivity contribution in [3.63, 3.8) is 0 Å². The van der Waals surface area contributed by atoms with Crippen molar-refractivity contribution < 1.29 is 9.53 Å². The number of nitrogens with zero attached hydrogens (tertiary/aromatic N) is 1. The van der Waals surface area contributed by atoms with Crippen molar-refractivity contribution in [2.24, 2.45) is 0 Å². The number of methoxy groups -OCH3 is 1. The molecular formula is C12H17IN2O2. The van der Waals surface area contributed by atoms with Crippen LogP contribution in [0, 0.1) is 3.57 Å². The van der Waals surface area contributed by atoms with Gasteiger partial charge in [0.05, 0.1) is 0 Å². The summed E-state index contributed by atoms with van der Waals surface area (Å²) in [6.07, 6.45) is 0.840. The maximum atomic E-state index is 11.8. The number of hydrogen-bond acceptors (Lipinski definition) is 2. The van der Waals surface area contributed by atoms with Crippen LogP contribution in [0.15, 0.2) is 24.3 Å². The number of hydrogen-bond donors (Lipinski definition) is 1. The lowest BCUT2D eigenvalue weighted by atomic mass is 10.3. The van der Waals surface area contributed by atoms with Crippen LogP contribution in [-0.2, 0) is 4.74 Å². The zero-order valence-corrected chi connectivity index (χ0v) is 12.2. The molecule has 0 aliphatic heterocycles. The largest absolute Gasteiger partial charge is 0.385 e. The zero-order chi connectivity index (χ0) is 12.7. The van der Waals surface area contributed by atoms with E-state index in [4.69, 9.17) is 4.74 Å². The number of carbonyl (C=O) groups is 1. The van der Waals surface area contributed by atoms with Crippen LogP contribution < -0.4 is 5.32 Å². The molecule has 17 heavy (non-hydrogen) atoms. The SMILES string of the molecule is COCCCN(C)C(=O)Nc1cccc(I)c1. The Hall–Kier alpha value is -0.820. The predicted molar refractivity (Wildman–Crippen MR) is 77.3 cm³/mol. The van der Waals surface area contributed by atoms with Gasteiger partial charge in [0.2, 0.25) is 0 Å². The van der Waals surface area contributed by atoms with E-state index in [2.05, 4.69) is 27.9 Å². The first-order valence-corrected chi connectivity index (χ1v) is 6.48. The minimum atomic E-state index is -0.0943. The number of nitrogens with one attached hydrogen (secondary N) is 1. The Bertz CT molecular complexity index is 371. The van der Waals surface area contributed by atoms with E-state index in [0.29, 0.717) is 13.2 Å². The van der Waals surface area contributed by atoms with Crippen molar-refractivity contribution in [2.45, 2.75) is 6.42 Å². The third kappa shape index (κ3) is 5.36. The highest BCUT2D eigenvalue weighted by molar-refractivity contribution is 14.1. The van der Waals surface area contributed by atoms with Gasteiger partial charge in [0.25, 0.3) is 0 Å². The van der Waals surface area contributed by atoms with Gasteiger partial charge in [-0.25, -0.2) is 4.79 Å². The molecule has 0 aliphatic rings. The highest BCUT2D eigenvalue weighted by atomic mass is 127. The van der Waals surface area contributed by atoms with E-state index in [9.17, 15) is 4.79 Å². The summed E-state index contributed by atoms with van der Waals surface area (Å²) in [6.45, 7) is 1.35. The summed E-state index contributed by atoms with van der Waals surface area (Å²) in [5, 5.41) is 2.85. The van der Waals surface area contributed by atoms with Gasteiger partial charge >= 0.3 is 6.03 Å². The molecule has 2 amide bonds. The number of benzene rings is 1. The third-order valence-electron chi connectivity index (χ3n) is 2.26. The number of halogens is 1. The quantitative estimate of drug-likeness (QED) is 0.657. The molecule has 1 rings (SSSR count). The standard InChI is InChI=1S/C12H17IN2O2/c1-15(7-4-8-17-2)12(16)14-11-6-3-5-10(13)9-11/h3,5-6,9H,4,7-8H2,1-2H3,(H,14,16). The van der Waals surface area contributed by atoms with Crippen LogP contribution >= 0.6 is 22.6 Å². The van der Waals surface area contributed by atoms with Crippen molar-refractivity contribution in [3.8, 4) is 0 Å². The zero-order valence-electron chi connectivity index (χ0n) is 10.1. The lowest BCUT2D eigenvalue weighted by Crippen LogP contribution is -2.32. The van der Waals surface area contributed by atoms with Gasteiger partial charge in [-0.3, -0.25) is 0 Å². The maximum absolute atomic E-state index is 11.8. The second-order valence-electron chi connectivity index (χ2n) is 3.71. The van der Waals surface area contributed by atoms with Gasteiger partial charge in [0.1, 0.15) is 0 Å². The first-order chi connectivity index (χ1) is 8.13. The fourth-order valence-corrected chi connectivity index (χ4v) is 1.88. The van der Waals surface area contributed by atoms with Crippen LogP contribution in [0.1, 0.15) is 6.42 Å². The van der Waals surface area contributed by atoms with E-state index in [1.165, 1.54) is 0 Å². The minimum Gasteiger partial charge on any atom is -0.385 e. The van der Waals surface area contributed by atoms with Crippen LogP contribution in [0.25, 0.3) is 0 Å². The molecule has 5 heteroatoms. The Morgan fingerprint density at radius 1 is 1.53 bits per heavy atom. The van der Waals surface area contributed by atoms with E-state index in [-0.39, 0.29) is 6.03 Å². The number of rotatable bonds is 5. The van der Waals surface area contributed by atoms with Crippen LogP contribution in [0.5, 0.6) is 0 Å². The molecule has 0 bridgehead atoms. The molecular weight excluding hydrogens is 331 g/mol. The average Bonchev–Trinajstić information content (AvgIpc) is 2.29. The van der Waals surface area contributed by atoms with Crippen LogP contribution in [0.4, 0.5) is 10.5 Å². The van der Waals surface area contributed by atoms with Gasteiger partial charge in [-0.15, -0.1) is 0 Å². The van der Waals surface area contributed by atoms with Gasteiger partial charge in [0.15, 0.2) is 0 Å². The summed E-state index contributed by atoms with van der Waals surface area (Å²) in [4.78, 5) is 13.4. The summed E-state index contributed by atoms with van der Waals surface area (Å²) in [5.41, 5.74) is 0.820. The van der Waals surface area contributed by atoms with Gasteiger partial charge in [0, 0.05) is 36.6 Å². The van der Waals surface area contributed by atoms with Gasteiger partial charge < -0.3 is 15.0 Å². The minimum absolute atomic E-state index is 0.0943. The highest BCUT2D eigenvalue weighted by Crippen LogP contribution is 2.12. The molecule has 0 fully saturated rings. The molecule has 1 N–H and O–H groups in total. The van der Waals surface area contributed by atoms with Gasteiger partial charge in [-0.2, -0.15) is 0 Å². The second-order valence-corrected chi connectivity index (χ2v) is 4.95. The molecule has 94 valence electrons. The molecule has 0 aromatic heterocycles. The number of anilines is 1. The van der Waals surface area contributed by atoms with Gasteiger partial charge in [-0.05, 0) is 47.2 Å². The molecule has 0 saturated carbocycles. The molecule has 0 spiro atoms. The van der Waals surface area contributed by atoms with Gasteiger partial charge in [-0.1, -0.05) is 6.07 Å². The Kier molecular flexibility index (Phi) is 6.28. The van der Waals surface area contributed by atoms with E-state index in [1.54, 1.807) is 19.1 Å². The normalized spacial score (nSPS) is 10.1. The monoisotopic (exact) mass is 348 g/mol. The van der Waals surface area contributed by atoms with E-state index >= 15 is 0 Å². The molecule has 0 unspecified atom stereocenters. The number of amides is 2. The molecule has 0 radical (unpaired) electrons.